The number of nitrogens with zero attached hydrogens (tertiary/aromatic N) is 3. The Balaban J connectivity index is 2.22. The molecule has 0 aliphatic carbocycles. The van der Waals surface area contributed by atoms with Gasteiger partial charge in [0.05, 0.1) is 5.69 Å². The predicted molar refractivity (Wildman–Crippen MR) is 78.4 cm³/mol. The van der Waals surface area contributed by atoms with Gasteiger partial charge in [0.15, 0.2) is 5.13 Å². The first-order valence-corrected chi connectivity index (χ1v) is 7.46. The molecular formula is C13H24N4S. The summed E-state index contributed by atoms with van der Waals surface area (Å²) in [7, 11) is 2.17. The molecule has 0 aromatic carbocycles. The van der Waals surface area contributed by atoms with E-state index >= 15 is 0 Å². The van der Waals surface area contributed by atoms with Crippen molar-refractivity contribution in [3.63, 3.8) is 0 Å². The summed E-state index contributed by atoms with van der Waals surface area (Å²) in [6.45, 7) is 10.6. The molecule has 0 unspecified atom stereocenters. The summed E-state index contributed by atoms with van der Waals surface area (Å²) >= 11 is 1.77. The van der Waals surface area contributed by atoms with Crippen molar-refractivity contribution in [2.24, 2.45) is 5.73 Å². The minimum atomic E-state index is -0.284. The van der Waals surface area contributed by atoms with E-state index < -0.39 is 0 Å². The second-order valence-corrected chi connectivity index (χ2v) is 6.62. The molecule has 4 nitrogen and oxygen atoms in total. The van der Waals surface area contributed by atoms with Crippen molar-refractivity contribution in [1.29, 1.82) is 0 Å². The Hall–Kier alpha value is -0.650. The minimum absolute atomic E-state index is 0.284. The molecule has 0 amide bonds. The van der Waals surface area contributed by atoms with Crippen molar-refractivity contribution >= 4 is 16.5 Å². The molecule has 1 aromatic rings. The van der Waals surface area contributed by atoms with E-state index in [2.05, 4.69) is 37.6 Å². The zero-order valence-electron chi connectivity index (χ0n) is 11.9. The highest BCUT2D eigenvalue weighted by Gasteiger charge is 2.25. The molecule has 0 radical (unpaired) electrons. The van der Waals surface area contributed by atoms with Gasteiger partial charge in [0.1, 0.15) is 0 Å². The van der Waals surface area contributed by atoms with E-state index in [1.807, 2.05) is 0 Å². The minimum Gasteiger partial charge on any atom is -0.346 e. The molecule has 0 spiro atoms. The summed E-state index contributed by atoms with van der Waals surface area (Å²) in [5.74, 6) is 0. The first-order chi connectivity index (χ1) is 8.41. The highest BCUT2D eigenvalue weighted by molar-refractivity contribution is 7.15. The summed E-state index contributed by atoms with van der Waals surface area (Å²) in [5.41, 5.74) is 7.13. The number of aromatic nitrogens is 1. The van der Waals surface area contributed by atoms with Gasteiger partial charge in [-0.2, -0.15) is 0 Å². The smallest absolute Gasteiger partial charge is 0.185 e. The molecule has 102 valence electrons. The van der Waals surface area contributed by atoms with Crippen molar-refractivity contribution in [2.75, 3.05) is 38.1 Å². The third-order valence-electron chi connectivity index (χ3n) is 3.38. The topological polar surface area (TPSA) is 45.4 Å². The van der Waals surface area contributed by atoms with Crippen LogP contribution in [0.25, 0.3) is 0 Å². The highest BCUT2D eigenvalue weighted by Crippen LogP contribution is 2.33. The molecule has 0 atom stereocenters. The SMILES string of the molecule is CCc1nc(N2CCN(C)CC2)sc1C(C)(C)N. The van der Waals surface area contributed by atoms with Crippen molar-refractivity contribution in [1.82, 2.24) is 9.88 Å². The van der Waals surface area contributed by atoms with E-state index in [0.717, 1.165) is 37.7 Å². The van der Waals surface area contributed by atoms with Crippen LogP contribution in [-0.2, 0) is 12.0 Å². The number of rotatable bonds is 3. The van der Waals surface area contributed by atoms with Crippen LogP contribution in [0, 0.1) is 0 Å². The molecule has 1 aromatic heterocycles. The number of anilines is 1. The van der Waals surface area contributed by atoms with Crippen LogP contribution < -0.4 is 10.6 Å². The molecule has 1 fully saturated rings. The van der Waals surface area contributed by atoms with Gasteiger partial charge >= 0.3 is 0 Å². The maximum absolute atomic E-state index is 6.24. The lowest BCUT2D eigenvalue weighted by Crippen LogP contribution is -2.44. The number of piperazine rings is 1. The largest absolute Gasteiger partial charge is 0.346 e. The summed E-state index contributed by atoms with van der Waals surface area (Å²) in [5, 5.41) is 1.15. The maximum atomic E-state index is 6.24. The van der Waals surface area contributed by atoms with E-state index in [1.165, 1.54) is 10.6 Å². The van der Waals surface area contributed by atoms with Gasteiger partial charge in [-0.25, -0.2) is 4.98 Å². The second kappa shape index (κ2) is 5.15. The molecule has 0 saturated carbocycles. The summed E-state index contributed by atoms with van der Waals surface area (Å²) < 4.78 is 0. The number of hydrogen-bond donors (Lipinski definition) is 1. The average Bonchev–Trinajstić information content (AvgIpc) is 2.73. The van der Waals surface area contributed by atoms with E-state index in [9.17, 15) is 0 Å². The van der Waals surface area contributed by atoms with Crippen LogP contribution in [0.2, 0.25) is 0 Å². The molecule has 18 heavy (non-hydrogen) atoms. The van der Waals surface area contributed by atoms with Crippen LogP contribution in [0.15, 0.2) is 0 Å². The van der Waals surface area contributed by atoms with Crippen LogP contribution >= 0.6 is 11.3 Å². The Kier molecular flexibility index (Phi) is 3.94. The van der Waals surface area contributed by atoms with E-state index in [0.29, 0.717) is 0 Å². The van der Waals surface area contributed by atoms with E-state index in [4.69, 9.17) is 10.7 Å². The summed E-state index contributed by atoms with van der Waals surface area (Å²) in [6.07, 6.45) is 0.959. The van der Waals surface area contributed by atoms with Crippen molar-refractivity contribution in [2.45, 2.75) is 32.7 Å². The maximum Gasteiger partial charge on any atom is 0.185 e. The van der Waals surface area contributed by atoms with Gasteiger partial charge in [-0.05, 0) is 27.3 Å². The Labute approximate surface area is 114 Å². The molecule has 1 aliphatic rings. The van der Waals surface area contributed by atoms with Gasteiger partial charge in [0.25, 0.3) is 0 Å². The Morgan fingerprint density at radius 2 is 1.89 bits per heavy atom. The monoisotopic (exact) mass is 268 g/mol. The molecule has 5 heteroatoms. The summed E-state index contributed by atoms with van der Waals surface area (Å²) in [6, 6.07) is 0. The molecule has 1 aliphatic heterocycles. The van der Waals surface area contributed by atoms with Gasteiger partial charge < -0.3 is 15.5 Å². The fraction of sp³-hybridized carbons (Fsp3) is 0.769. The van der Waals surface area contributed by atoms with Gasteiger partial charge in [-0.15, -0.1) is 0 Å². The molecule has 2 rings (SSSR count). The third-order valence-corrected chi connectivity index (χ3v) is 4.88. The fourth-order valence-corrected chi connectivity index (χ4v) is 3.44. The van der Waals surface area contributed by atoms with E-state index in [1.54, 1.807) is 11.3 Å². The van der Waals surface area contributed by atoms with Crippen LogP contribution in [0.1, 0.15) is 31.3 Å². The lowest BCUT2D eigenvalue weighted by atomic mass is 10.0. The molecule has 0 bridgehead atoms. The first kappa shape index (κ1) is 13.8. The number of likely N-dealkylation sites (N-methyl/N-ethyl adjacent to an activating group) is 1. The lowest BCUT2D eigenvalue weighted by Gasteiger charge is -2.32. The molecule has 1 saturated heterocycles. The fourth-order valence-electron chi connectivity index (χ4n) is 2.22. The van der Waals surface area contributed by atoms with Crippen molar-refractivity contribution in [3.8, 4) is 0 Å². The Morgan fingerprint density at radius 1 is 1.28 bits per heavy atom. The predicted octanol–water partition coefficient (Wildman–Crippen LogP) is 1.65. The van der Waals surface area contributed by atoms with Gasteiger partial charge in [-0.3, -0.25) is 0 Å². The quantitative estimate of drug-likeness (QED) is 0.905. The van der Waals surface area contributed by atoms with Gasteiger partial charge in [-0.1, -0.05) is 18.3 Å². The standard InChI is InChI=1S/C13H24N4S/c1-5-10-11(13(2,3)14)18-12(15-10)17-8-6-16(4)7-9-17/h5-9,14H2,1-4H3. The Bertz CT molecular complexity index is 400. The highest BCUT2D eigenvalue weighted by atomic mass is 32.1. The van der Waals surface area contributed by atoms with Gasteiger partial charge in [0.2, 0.25) is 0 Å². The van der Waals surface area contributed by atoms with Crippen LogP contribution in [-0.4, -0.2) is 43.1 Å². The second-order valence-electron chi connectivity index (χ2n) is 5.64. The zero-order valence-corrected chi connectivity index (χ0v) is 12.7. The summed E-state index contributed by atoms with van der Waals surface area (Å²) in [4.78, 5) is 10.8. The lowest BCUT2D eigenvalue weighted by molar-refractivity contribution is 0.312. The molecular weight excluding hydrogens is 244 g/mol. The zero-order chi connectivity index (χ0) is 13.3. The van der Waals surface area contributed by atoms with Gasteiger partial charge in [0, 0.05) is 36.6 Å². The van der Waals surface area contributed by atoms with Crippen molar-refractivity contribution < 1.29 is 0 Å². The third kappa shape index (κ3) is 2.84. The normalized spacial score (nSPS) is 18.4. The van der Waals surface area contributed by atoms with Crippen LogP contribution in [0.4, 0.5) is 5.13 Å². The number of nitrogens with two attached hydrogens (primary N) is 1. The van der Waals surface area contributed by atoms with E-state index in [-0.39, 0.29) is 5.54 Å². The average molecular weight is 268 g/mol. The molecule has 2 N–H and O–H groups in total. The number of hydrogen-bond acceptors (Lipinski definition) is 5. The number of aryl methyl sites for hydroxylation is 1. The first-order valence-electron chi connectivity index (χ1n) is 6.64. The number of thiazole rings is 1. The molecule has 2 heterocycles. The Morgan fingerprint density at radius 3 is 2.33 bits per heavy atom. The van der Waals surface area contributed by atoms with Crippen LogP contribution in [0.3, 0.4) is 0 Å². The van der Waals surface area contributed by atoms with Crippen LogP contribution in [0.5, 0.6) is 0 Å². The van der Waals surface area contributed by atoms with Crippen molar-refractivity contribution in [3.05, 3.63) is 10.6 Å².